The number of hydrogen-bond donors (Lipinski definition) is 3. The summed E-state index contributed by atoms with van der Waals surface area (Å²) in [7, 11) is -2.54. The van der Waals surface area contributed by atoms with Crippen LogP contribution in [-0.4, -0.2) is 43.1 Å². The number of aliphatic hydroxyl groups excluding tert-OH is 1. The van der Waals surface area contributed by atoms with Crippen molar-refractivity contribution in [2.75, 3.05) is 19.7 Å². The number of fused-ring (bicyclic) bond motifs is 1. The van der Waals surface area contributed by atoms with E-state index in [-0.39, 0.29) is 6.61 Å². The summed E-state index contributed by atoms with van der Waals surface area (Å²) in [6.45, 7) is 1.76. The second-order valence-corrected chi connectivity index (χ2v) is 6.55. The van der Waals surface area contributed by atoms with Crippen LogP contribution in [0, 0.1) is 0 Å². The molecule has 0 saturated carbocycles. The molecule has 1 fully saturated rings. The molecule has 0 radical (unpaired) electrons. The normalized spacial score (nSPS) is 17.8. The fourth-order valence-corrected chi connectivity index (χ4v) is 4.04. The predicted octanol–water partition coefficient (Wildman–Crippen LogP) is 1.41. The van der Waals surface area contributed by atoms with Crippen LogP contribution in [0.25, 0.3) is 10.9 Å². The van der Waals surface area contributed by atoms with Gasteiger partial charge in [0, 0.05) is 23.7 Å². The average Bonchev–Trinajstić information content (AvgIpc) is 3.10. The van der Waals surface area contributed by atoms with E-state index >= 15 is 0 Å². The van der Waals surface area contributed by atoms with Gasteiger partial charge in [-0.1, -0.05) is 6.07 Å². The Kier molecular flexibility index (Phi) is 4.28. The van der Waals surface area contributed by atoms with Crippen molar-refractivity contribution in [3.05, 3.63) is 35.5 Å². The SMILES string of the molecule is O=[SH](=O)C(c1ccc2[nH]cc(CCO)c2c1)N1CCCC1. The molecule has 21 heavy (non-hydrogen) atoms. The number of aliphatic hydroxyl groups is 1. The molecule has 0 bridgehead atoms. The number of benzene rings is 1. The molecule has 5 nitrogen and oxygen atoms in total. The highest BCUT2D eigenvalue weighted by Gasteiger charge is 2.26. The molecule has 0 aliphatic carbocycles. The lowest BCUT2D eigenvalue weighted by atomic mass is 10.1. The fourth-order valence-electron chi connectivity index (χ4n) is 3.14. The standard InChI is InChI=1S/C15H20N2O3S/c18-8-5-12-10-16-14-4-3-11(9-13(12)14)15(21(19)20)17-6-1-2-7-17/h3-4,9-10,15-16,18,21H,1-2,5-8H2. The van der Waals surface area contributed by atoms with E-state index in [1.165, 1.54) is 0 Å². The average molecular weight is 308 g/mol. The van der Waals surface area contributed by atoms with Gasteiger partial charge in [0.2, 0.25) is 0 Å². The lowest BCUT2D eigenvalue weighted by molar-refractivity contribution is 0.300. The van der Waals surface area contributed by atoms with Gasteiger partial charge in [-0.15, -0.1) is 0 Å². The van der Waals surface area contributed by atoms with Gasteiger partial charge >= 0.3 is 0 Å². The van der Waals surface area contributed by atoms with Gasteiger partial charge in [0.05, 0.1) is 0 Å². The first kappa shape index (κ1) is 14.6. The molecule has 3 rings (SSSR count). The molecule has 1 aliphatic rings. The Bertz CT molecular complexity index is 694. The monoisotopic (exact) mass is 308 g/mol. The summed E-state index contributed by atoms with van der Waals surface area (Å²) in [6.07, 6.45) is 4.57. The number of likely N-dealkylation sites (tertiary alicyclic amines) is 1. The largest absolute Gasteiger partial charge is 0.396 e. The third-order valence-corrected chi connectivity index (χ3v) is 5.18. The first-order chi connectivity index (χ1) is 10.2. The summed E-state index contributed by atoms with van der Waals surface area (Å²) >= 11 is 0. The van der Waals surface area contributed by atoms with Gasteiger partial charge < -0.3 is 10.1 Å². The summed E-state index contributed by atoms with van der Waals surface area (Å²) in [5, 5.41) is 9.58. The first-order valence-electron chi connectivity index (χ1n) is 7.29. The summed E-state index contributed by atoms with van der Waals surface area (Å²) in [5.74, 6) is 0. The number of nitrogens with one attached hydrogen (secondary N) is 1. The second kappa shape index (κ2) is 6.17. The van der Waals surface area contributed by atoms with Crippen LogP contribution in [0.2, 0.25) is 0 Å². The van der Waals surface area contributed by atoms with Crippen LogP contribution in [0.5, 0.6) is 0 Å². The number of aromatic nitrogens is 1. The summed E-state index contributed by atoms with van der Waals surface area (Å²) in [6, 6.07) is 5.76. The van der Waals surface area contributed by atoms with E-state index in [1.807, 2.05) is 29.3 Å². The Hall–Kier alpha value is -1.37. The topological polar surface area (TPSA) is 73.4 Å². The van der Waals surface area contributed by atoms with Crippen molar-refractivity contribution in [2.24, 2.45) is 0 Å². The maximum absolute atomic E-state index is 11.7. The Morgan fingerprint density at radius 2 is 2.05 bits per heavy atom. The summed E-state index contributed by atoms with van der Waals surface area (Å²) in [4.78, 5) is 5.20. The van der Waals surface area contributed by atoms with Crippen molar-refractivity contribution in [2.45, 2.75) is 24.6 Å². The number of H-pyrrole nitrogens is 1. The molecule has 2 heterocycles. The Morgan fingerprint density at radius 1 is 1.29 bits per heavy atom. The van der Waals surface area contributed by atoms with Crippen LogP contribution in [0.15, 0.2) is 24.4 Å². The third kappa shape index (κ3) is 2.84. The van der Waals surface area contributed by atoms with E-state index in [0.29, 0.717) is 6.42 Å². The van der Waals surface area contributed by atoms with E-state index in [0.717, 1.165) is 48.0 Å². The zero-order valence-electron chi connectivity index (χ0n) is 11.8. The van der Waals surface area contributed by atoms with Crippen LogP contribution in [0.3, 0.4) is 0 Å². The number of hydrogen-bond acceptors (Lipinski definition) is 4. The van der Waals surface area contributed by atoms with Gasteiger partial charge in [0.1, 0.15) is 5.37 Å². The molecule has 0 amide bonds. The molecule has 1 aliphatic heterocycles. The first-order valence-corrected chi connectivity index (χ1v) is 8.53. The maximum atomic E-state index is 11.7. The molecular formula is C15H20N2O3S. The van der Waals surface area contributed by atoms with E-state index in [2.05, 4.69) is 4.98 Å². The van der Waals surface area contributed by atoms with Crippen molar-refractivity contribution < 1.29 is 13.5 Å². The number of rotatable bonds is 5. The van der Waals surface area contributed by atoms with Crippen LogP contribution >= 0.6 is 0 Å². The zero-order valence-corrected chi connectivity index (χ0v) is 12.7. The molecule has 1 unspecified atom stereocenters. The molecule has 1 aromatic heterocycles. The van der Waals surface area contributed by atoms with Gasteiger partial charge in [0.15, 0.2) is 10.7 Å². The van der Waals surface area contributed by atoms with Gasteiger partial charge in [-0.2, -0.15) is 0 Å². The Morgan fingerprint density at radius 3 is 2.71 bits per heavy atom. The molecule has 2 aromatic rings. The minimum atomic E-state index is -2.54. The van der Waals surface area contributed by atoms with Crippen LogP contribution in [0.4, 0.5) is 0 Å². The number of nitrogens with zero attached hydrogens (tertiary/aromatic N) is 1. The molecule has 2 N–H and O–H groups in total. The molecular weight excluding hydrogens is 288 g/mol. The zero-order chi connectivity index (χ0) is 14.8. The van der Waals surface area contributed by atoms with Crippen molar-refractivity contribution in [3.63, 3.8) is 0 Å². The maximum Gasteiger partial charge on any atom is 0.160 e. The van der Waals surface area contributed by atoms with Crippen LogP contribution < -0.4 is 0 Å². The molecule has 1 atom stereocenters. The molecule has 114 valence electrons. The third-order valence-electron chi connectivity index (χ3n) is 4.16. The minimum Gasteiger partial charge on any atom is -0.396 e. The van der Waals surface area contributed by atoms with E-state index in [1.54, 1.807) is 0 Å². The van der Waals surface area contributed by atoms with Gasteiger partial charge in [0.25, 0.3) is 0 Å². The quantitative estimate of drug-likeness (QED) is 0.730. The molecule has 1 aromatic carbocycles. The van der Waals surface area contributed by atoms with E-state index in [4.69, 9.17) is 5.11 Å². The lowest BCUT2D eigenvalue weighted by Crippen LogP contribution is -2.26. The van der Waals surface area contributed by atoms with Gasteiger partial charge in [-0.3, -0.25) is 4.90 Å². The highest BCUT2D eigenvalue weighted by Crippen LogP contribution is 2.29. The van der Waals surface area contributed by atoms with E-state index in [9.17, 15) is 8.42 Å². The number of thiol groups is 1. The van der Waals surface area contributed by atoms with Crippen molar-refractivity contribution >= 4 is 21.6 Å². The second-order valence-electron chi connectivity index (χ2n) is 5.49. The van der Waals surface area contributed by atoms with Crippen molar-refractivity contribution in [1.29, 1.82) is 0 Å². The fraction of sp³-hybridized carbons (Fsp3) is 0.467. The van der Waals surface area contributed by atoms with Gasteiger partial charge in [-0.05, 0) is 55.6 Å². The predicted molar refractivity (Wildman–Crippen MR) is 83.0 cm³/mol. The summed E-state index contributed by atoms with van der Waals surface area (Å²) < 4.78 is 23.4. The highest BCUT2D eigenvalue weighted by molar-refractivity contribution is 7.72. The highest BCUT2D eigenvalue weighted by atomic mass is 32.2. The molecule has 1 saturated heterocycles. The van der Waals surface area contributed by atoms with Crippen molar-refractivity contribution in [3.8, 4) is 0 Å². The van der Waals surface area contributed by atoms with Crippen LogP contribution in [-0.2, 0) is 17.1 Å². The smallest absolute Gasteiger partial charge is 0.160 e. The summed E-state index contributed by atoms with van der Waals surface area (Å²) in [5.41, 5.74) is 2.82. The minimum absolute atomic E-state index is 0.0859. The van der Waals surface area contributed by atoms with Crippen LogP contribution in [0.1, 0.15) is 29.3 Å². The van der Waals surface area contributed by atoms with E-state index < -0.39 is 16.1 Å². The van der Waals surface area contributed by atoms with Crippen molar-refractivity contribution in [1.82, 2.24) is 9.88 Å². The number of aromatic amines is 1. The molecule has 6 heteroatoms. The van der Waals surface area contributed by atoms with Gasteiger partial charge in [-0.25, -0.2) is 8.42 Å². The Labute approximate surface area is 125 Å². The lowest BCUT2D eigenvalue weighted by Gasteiger charge is -2.22. The molecule has 0 spiro atoms. The Balaban J connectivity index is 2.02.